The number of hydrogen-bond acceptors (Lipinski definition) is 3. The molecule has 5 nitrogen and oxygen atoms in total. The Morgan fingerprint density at radius 2 is 2.22 bits per heavy atom. The van der Waals surface area contributed by atoms with E-state index in [2.05, 4.69) is 27.3 Å². The molecule has 1 aliphatic heterocycles. The summed E-state index contributed by atoms with van der Waals surface area (Å²) in [6, 6.07) is 8.55. The predicted molar refractivity (Wildman–Crippen MR) is 70.1 cm³/mol. The van der Waals surface area contributed by atoms with Crippen LogP contribution in [0.25, 0.3) is 0 Å². The van der Waals surface area contributed by atoms with Crippen molar-refractivity contribution >= 4 is 27.6 Å². The first-order valence-corrected chi connectivity index (χ1v) is 6.30. The van der Waals surface area contributed by atoms with Gasteiger partial charge in [-0.3, -0.25) is 0 Å². The lowest BCUT2D eigenvalue weighted by Crippen LogP contribution is -2.49. The summed E-state index contributed by atoms with van der Waals surface area (Å²) in [6.45, 7) is 1.16. The number of urea groups is 1. The number of benzene rings is 1. The second-order valence-corrected chi connectivity index (χ2v) is 4.77. The van der Waals surface area contributed by atoms with E-state index in [0.29, 0.717) is 18.8 Å². The molecule has 1 saturated heterocycles. The van der Waals surface area contributed by atoms with Crippen LogP contribution in [0.4, 0.5) is 10.5 Å². The van der Waals surface area contributed by atoms with E-state index in [9.17, 15) is 4.79 Å². The van der Waals surface area contributed by atoms with Crippen LogP contribution >= 0.6 is 15.9 Å². The summed E-state index contributed by atoms with van der Waals surface area (Å²) in [5, 5.41) is 11.7. The van der Waals surface area contributed by atoms with Crippen LogP contribution in [-0.2, 0) is 4.74 Å². The minimum absolute atomic E-state index is 0.268. The van der Waals surface area contributed by atoms with Gasteiger partial charge in [-0.2, -0.15) is 5.26 Å². The van der Waals surface area contributed by atoms with E-state index in [1.807, 2.05) is 12.1 Å². The monoisotopic (exact) mass is 309 g/mol. The quantitative estimate of drug-likeness (QED) is 0.865. The summed E-state index contributed by atoms with van der Waals surface area (Å²) in [4.78, 5) is 13.5. The molecule has 1 aromatic carbocycles. The molecule has 1 aromatic rings. The van der Waals surface area contributed by atoms with Gasteiger partial charge in [-0.1, -0.05) is 15.9 Å². The average Bonchev–Trinajstić information content (AvgIpc) is 2.41. The molecule has 6 heteroatoms. The molecular weight excluding hydrogens is 298 g/mol. The molecular formula is C12H12BrN3O2. The van der Waals surface area contributed by atoms with Crippen LogP contribution in [0.1, 0.15) is 0 Å². The van der Waals surface area contributed by atoms with Gasteiger partial charge in [-0.05, 0) is 24.3 Å². The zero-order valence-electron chi connectivity index (χ0n) is 9.60. The number of halogens is 1. The van der Waals surface area contributed by atoms with Crippen LogP contribution in [-0.4, -0.2) is 36.7 Å². The van der Waals surface area contributed by atoms with Crippen LogP contribution in [0.5, 0.6) is 0 Å². The maximum atomic E-state index is 12.0. The molecule has 1 heterocycles. The number of morpholine rings is 1. The Kier molecular flexibility index (Phi) is 4.18. The van der Waals surface area contributed by atoms with Gasteiger partial charge in [0.2, 0.25) is 0 Å². The smallest absolute Gasteiger partial charge is 0.323 e. The minimum Gasteiger partial charge on any atom is -0.376 e. The third-order valence-electron chi connectivity index (χ3n) is 2.63. The Hall–Kier alpha value is -1.58. The van der Waals surface area contributed by atoms with Crippen molar-refractivity contribution in [3.8, 4) is 6.07 Å². The lowest BCUT2D eigenvalue weighted by Gasteiger charge is -2.31. The van der Waals surface area contributed by atoms with Crippen molar-refractivity contribution in [3.05, 3.63) is 28.7 Å². The summed E-state index contributed by atoms with van der Waals surface area (Å²) in [6.07, 6.45) is 0. The lowest BCUT2D eigenvalue weighted by molar-refractivity contribution is 0.0341. The summed E-state index contributed by atoms with van der Waals surface area (Å²) in [5.74, 6) is 0. The van der Waals surface area contributed by atoms with Crippen LogP contribution in [0.15, 0.2) is 28.7 Å². The fourth-order valence-corrected chi connectivity index (χ4v) is 1.95. The van der Waals surface area contributed by atoms with Gasteiger partial charge in [0.25, 0.3) is 0 Å². The Morgan fingerprint density at radius 1 is 1.50 bits per heavy atom. The highest BCUT2D eigenvalue weighted by atomic mass is 79.9. The zero-order chi connectivity index (χ0) is 13.0. The SMILES string of the molecule is N#CC1COCCN1C(=O)Nc1ccc(Br)cc1. The molecule has 1 N–H and O–H groups in total. The Bertz CT molecular complexity index is 469. The largest absolute Gasteiger partial charge is 0.376 e. The number of nitriles is 1. The molecule has 0 bridgehead atoms. The molecule has 18 heavy (non-hydrogen) atoms. The molecule has 0 aliphatic carbocycles. The van der Waals surface area contributed by atoms with E-state index in [0.717, 1.165) is 4.47 Å². The van der Waals surface area contributed by atoms with E-state index >= 15 is 0 Å². The highest BCUT2D eigenvalue weighted by molar-refractivity contribution is 9.10. The number of anilines is 1. The standard InChI is InChI=1S/C12H12BrN3O2/c13-9-1-3-10(4-2-9)15-12(17)16-5-6-18-8-11(16)7-14/h1-4,11H,5-6,8H2,(H,15,17). The topological polar surface area (TPSA) is 65.4 Å². The number of carbonyl (C=O) groups excluding carboxylic acids is 1. The number of carbonyl (C=O) groups is 1. The molecule has 0 radical (unpaired) electrons. The molecule has 0 spiro atoms. The summed E-state index contributed by atoms with van der Waals surface area (Å²) < 4.78 is 6.12. The molecule has 94 valence electrons. The average molecular weight is 310 g/mol. The molecule has 2 rings (SSSR count). The number of nitrogens with one attached hydrogen (secondary N) is 1. The summed E-state index contributed by atoms with van der Waals surface area (Å²) in [7, 11) is 0. The van der Waals surface area contributed by atoms with Crippen LogP contribution in [0.3, 0.4) is 0 Å². The van der Waals surface area contributed by atoms with Gasteiger partial charge >= 0.3 is 6.03 Å². The number of nitrogens with zero attached hydrogens (tertiary/aromatic N) is 2. The fraction of sp³-hybridized carbons (Fsp3) is 0.333. The first-order chi connectivity index (χ1) is 8.70. The van der Waals surface area contributed by atoms with Gasteiger partial charge in [0.1, 0.15) is 6.04 Å². The molecule has 1 unspecified atom stereocenters. The van der Waals surface area contributed by atoms with Crippen molar-refractivity contribution in [2.45, 2.75) is 6.04 Å². The van der Waals surface area contributed by atoms with E-state index in [4.69, 9.17) is 10.00 Å². The number of amides is 2. The van der Waals surface area contributed by atoms with E-state index < -0.39 is 6.04 Å². The molecule has 1 fully saturated rings. The third kappa shape index (κ3) is 3.00. The van der Waals surface area contributed by atoms with Crippen LogP contribution in [0, 0.1) is 11.3 Å². The number of rotatable bonds is 1. The van der Waals surface area contributed by atoms with Gasteiger partial charge < -0.3 is 15.0 Å². The Balaban J connectivity index is 2.02. The van der Waals surface area contributed by atoms with E-state index in [-0.39, 0.29) is 12.6 Å². The van der Waals surface area contributed by atoms with Gasteiger partial charge in [0.15, 0.2) is 0 Å². The van der Waals surface area contributed by atoms with Crippen LogP contribution < -0.4 is 5.32 Å². The molecule has 0 aromatic heterocycles. The lowest BCUT2D eigenvalue weighted by atomic mass is 10.2. The first-order valence-electron chi connectivity index (χ1n) is 5.51. The molecule has 0 saturated carbocycles. The zero-order valence-corrected chi connectivity index (χ0v) is 11.2. The van der Waals surface area contributed by atoms with Crippen molar-refractivity contribution in [2.75, 3.05) is 25.1 Å². The molecule has 1 atom stereocenters. The summed E-state index contributed by atoms with van der Waals surface area (Å²) >= 11 is 3.33. The van der Waals surface area contributed by atoms with Crippen molar-refractivity contribution in [3.63, 3.8) is 0 Å². The predicted octanol–water partition coefficient (Wildman–Crippen LogP) is 2.21. The van der Waals surface area contributed by atoms with Crippen molar-refractivity contribution in [1.82, 2.24) is 4.90 Å². The molecule has 2 amide bonds. The van der Waals surface area contributed by atoms with Crippen molar-refractivity contribution < 1.29 is 9.53 Å². The number of ether oxygens (including phenoxy) is 1. The van der Waals surface area contributed by atoms with Gasteiger partial charge in [-0.15, -0.1) is 0 Å². The van der Waals surface area contributed by atoms with E-state index in [1.165, 1.54) is 4.90 Å². The van der Waals surface area contributed by atoms with Gasteiger partial charge in [-0.25, -0.2) is 4.79 Å². The second-order valence-electron chi connectivity index (χ2n) is 3.85. The maximum Gasteiger partial charge on any atom is 0.323 e. The normalized spacial score (nSPS) is 19.1. The van der Waals surface area contributed by atoms with Crippen molar-refractivity contribution in [1.29, 1.82) is 5.26 Å². The minimum atomic E-state index is -0.519. The third-order valence-corrected chi connectivity index (χ3v) is 3.16. The van der Waals surface area contributed by atoms with Crippen molar-refractivity contribution in [2.24, 2.45) is 0 Å². The van der Waals surface area contributed by atoms with Crippen LogP contribution in [0.2, 0.25) is 0 Å². The highest BCUT2D eigenvalue weighted by Gasteiger charge is 2.27. The molecule has 1 aliphatic rings. The maximum absolute atomic E-state index is 12.0. The summed E-state index contributed by atoms with van der Waals surface area (Å²) in [5.41, 5.74) is 0.700. The highest BCUT2D eigenvalue weighted by Crippen LogP contribution is 2.15. The first kappa shape index (κ1) is 12.9. The second kappa shape index (κ2) is 5.85. The Labute approximate surface area is 113 Å². The van der Waals surface area contributed by atoms with Gasteiger partial charge in [0, 0.05) is 16.7 Å². The number of hydrogen-bond donors (Lipinski definition) is 1. The fourth-order valence-electron chi connectivity index (χ4n) is 1.68. The van der Waals surface area contributed by atoms with E-state index in [1.54, 1.807) is 12.1 Å². The van der Waals surface area contributed by atoms with Gasteiger partial charge in [0.05, 0.1) is 19.3 Å². The Morgan fingerprint density at radius 3 is 2.89 bits per heavy atom.